The van der Waals surface area contributed by atoms with E-state index in [0.29, 0.717) is 16.7 Å². The quantitative estimate of drug-likeness (QED) is 0.837. The fraction of sp³-hybridized carbons (Fsp3) is 0.0667. The van der Waals surface area contributed by atoms with Crippen LogP contribution in [0, 0.1) is 0 Å². The van der Waals surface area contributed by atoms with Crippen molar-refractivity contribution >= 4 is 11.9 Å². The van der Waals surface area contributed by atoms with E-state index in [2.05, 4.69) is 0 Å². The van der Waals surface area contributed by atoms with Crippen molar-refractivity contribution in [2.75, 3.05) is 0 Å². The van der Waals surface area contributed by atoms with Crippen LogP contribution in [-0.4, -0.2) is 17.0 Å². The van der Waals surface area contributed by atoms with Crippen molar-refractivity contribution in [3.8, 4) is 0 Å². The van der Waals surface area contributed by atoms with E-state index in [1.807, 2.05) is 0 Å². The van der Waals surface area contributed by atoms with E-state index in [4.69, 9.17) is 4.74 Å². The zero-order valence-electron chi connectivity index (χ0n) is 9.87. The van der Waals surface area contributed by atoms with Crippen LogP contribution in [0.4, 0.5) is 0 Å². The van der Waals surface area contributed by atoms with Crippen LogP contribution in [0.2, 0.25) is 0 Å². The SMILES string of the molecule is O=C(O)c1ccccc1[C@@H]1OC(=O)c2ccccc21. The van der Waals surface area contributed by atoms with Crippen molar-refractivity contribution in [3.05, 3.63) is 70.8 Å². The Morgan fingerprint density at radius 1 is 1.00 bits per heavy atom. The van der Waals surface area contributed by atoms with Crippen LogP contribution in [0.25, 0.3) is 0 Å². The largest absolute Gasteiger partial charge is 0.478 e. The second kappa shape index (κ2) is 4.24. The molecule has 0 fully saturated rings. The number of esters is 1. The lowest BCUT2D eigenvalue weighted by molar-refractivity contribution is 0.0447. The Balaban J connectivity index is 2.15. The summed E-state index contributed by atoms with van der Waals surface area (Å²) in [7, 11) is 0. The standard InChI is InChI=1S/C15H10O4/c16-14(17)11-7-3-1-5-9(11)13-10-6-2-4-8-12(10)15(18)19-13/h1-8,13H,(H,16,17)/t13-/m0/s1. The molecular weight excluding hydrogens is 244 g/mol. The minimum absolute atomic E-state index is 0.150. The molecule has 0 unspecified atom stereocenters. The van der Waals surface area contributed by atoms with Crippen LogP contribution in [0.5, 0.6) is 0 Å². The molecule has 0 aliphatic carbocycles. The molecule has 0 bridgehead atoms. The van der Waals surface area contributed by atoms with Crippen LogP contribution >= 0.6 is 0 Å². The van der Waals surface area contributed by atoms with Crippen molar-refractivity contribution in [3.63, 3.8) is 0 Å². The number of carbonyl (C=O) groups excluding carboxylic acids is 1. The Kier molecular flexibility index (Phi) is 2.56. The van der Waals surface area contributed by atoms with E-state index in [-0.39, 0.29) is 5.56 Å². The Bertz CT molecular complexity index is 675. The van der Waals surface area contributed by atoms with E-state index in [9.17, 15) is 14.7 Å². The first-order chi connectivity index (χ1) is 9.18. The molecule has 0 saturated carbocycles. The van der Waals surface area contributed by atoms with Crippen molar-refractivity contribution in [1.29, 1.82) is 0 Å². The van der Waals surface area contributed by atoms with Crippen LogP contribution < -0.4 is 0 Å². The Morgan fingerprint density at radius 3 is 2.37 bits per heavy atom. The van der Waals surface area contributed by atoms with Gasteiger partial charge in [-0.25, -0.2) is 9.59 Å². The van der Waals surface area contributed by atoms with Gasteiger partial charge in [-0.2, -0.15) is 0 Å². The molecule has 1 aliphatic rings. The van der Waals surface area contributed by atoms with E-state index >= 15 is 0 Å². The summed E-state index contributed by atoms with van der Waals surface area (Å²) in [6, 6.07) is 13.6. The Hall–Kier alpha value is -2.62. The summed E-state index contributed by atoms with van der Waals surface area (Å²) in [6.07, 6.45) is -0.643. The molecule has 0 radical (unpaired) electrons. The second-order valence-electron chi connectivity index (χ2n) is 4.27. The Labute approximate surface area is 109 Å². The molecule has 4 nitrogen and oxygen atoms in total. The van der Waals surface area contributed by atoms with Crippen molar-refractivity contribution in [2.45, 2.75) is 6.10 Å². The van der Waals surface area contributed by atoms with Gasteiger partial charge in [-0.3, -0.25) is 0 Å². The molecule has 3 rings (SSSR count). The van der Waals surface area contributed by atoms with E-state index in [1.54, 1.807) is 42.5 Å². The lowest BCUT2D eigenvalue weighted by atomic mass is 9.95. The molecule has 19 heavy (non-hydrogen) atoms. The van der Waals surface area contributed by atoms with Crippen molar-refractivity contribution in [2.24, 2.45) is 0 Å². The van der Waals surface area contributed by atoms with Crippen LogP contribution in [0.3, 0.4) is 0 Å². The monoisotopic (exact) mass is 254 g/mol. The summed E-state index contributed by atoms with van der Waals surface area (Å²) in [4.78, 5) is 23.0. The first-order valence-electron chi connectivity index (χ1n) is 5.80. The summed E-state index contributed by atoms with van der Waals surface area (Å²) in [6.45, 7) is 0. The second-order valence-corrected chi connectivity index (χ2v) is 4.27. The molecule has 1 heterocycles. The number of carboxylic acids is 1. The van der Waals surface area contributed by atoms with Gasteiger partial charge in [-0.05, 0) is 12.1 Å². The van der Waals surface area contributed by atoms with E-state index in [0.717, 1.165) is 0 Å². The predicted molar refractivity (Wildman–Crippen MR) is 67.1 cm³/mol. The number of carbonyl (C=O) groups is 2. The highest BCUT2D eigenvalue weighted by Crippen LogP contribution is 2.36. The maximum Gasteiger partial charge on any atom is 0.339 e. The normalized spacial score (nSPS) is 16.8. The van der Waals surface area contributed by atoms with Gasteiger partial charge in [0.2, 0.25) is 0 Å². The minimum Gasteiger partial charge on any atom is -0.478 e. The van der Waals surface area contributed by atoms with Gasteiger partial charge in [-0.1, -0.05) is 36.4 Å². The zero-order valence-corrected chi connectivity index (χ0v) is 9.87. The van der Waals surface area contributed by atoms with E-state index in [1.165, 1.54) is 6.07 Å². The highest BCUT2D eigenvalue weighted by molar-refractivity contribution is 5.96. The number of ether oxygens (including phenoxy) is 1. The number of cyclic esters (lactones) is 1. The van der Waals surface area contributed by atoms with Crippen LogP contribution in [0.1, 0.15) is 37.9 Å². The number of fused-ring (bicyclic) bond motifs is 1. The lowest BCUT2D eigenvalue weighted by Crippen LogP contribution is -2.08. The summed E-state index contributed by atoms with van der Waals surface area (Å²) in [5, 5.41) is 9.20. The highest BCUT2D eigenvalue weighted by atomic mass is 16.5. The molecule has 0 spiro atoms. The zero-order chi connectivity index (χ0) is 13.4. The third-order valence-electron chi connectivity index (χ3n) is 3.16. The van der Waals surface area contributed by atoms with Gasteiger partial charge in [0.25, 0.3) is 0 Å². The summed E-state index contributed by atoms with van der Waals surface area (Å²) in [5.74, 6) is -1.45. The maximum absolute atomic E-state index is 11.8. The van der Waals surface area contributed by atoms with Crippen molar-refractivity contribution in [1.82, 2.24) is 0 Å². The molecule has 2 aromatic carbocycles. The smallest absolute Gasteiger partial charge is 0.339 e. The molecule has 0 saturated heterocycles. The minimum atomic E-state index is -1.03. The highest BCUT2D eigenvalue weighted by Gasteiger charge is 2.33. The van der Waals surface area contributed by atoms with Crippen LogP contribution in [0.15, 0.2) is 48.5 Å². The van der Waals surface area contributed by atoms with Gasteiger partial charge in [0.05, 0.1) is 11.1 Å². The molecule has 2 aromatic rings. The fourth-order valence-corrected chi connectivity index (χ4v) is 2.30. The number of hydrogen-bond donors (Lipinski definition) is 1. The summed E-state index contributed by atoms with van der Waals surface area (Å²) >= 11 is 0. The average molecular weight is 254 g/mol. The third-order valence-corrected chi connectivity index (χ3v) is 3.16. The van der Waals surface area contributed by atoms with Gasteiger partial charge in [-0.15, -0.1) is 0 Å². The summed E-state index contributed by atoms with van der Waals surface area (Å²) in [5.41, 5.74) is 1.85. The molecule has 1 N–H and O–H groups in total. The first kappa shape index (κ1) is 11.5. The number of carboxylic acid groups (broad SMARTS) is 1. The Morgan fingerprint density at radius 2 is 1.63 bits per heavy atom. The van der Waals surface area contributed by atoms with Crippen molar-refractivity contribution < 1.29 is 19.4 Å². The number of hydrogen-bond acceptors (Lipinski definition) is 3. The maximum atomic E-state index is 11.8. The lowest BCUT2D eigenvalue weighted by Gasteiger charge is -2.13. The fourth-order valence-electron chi connectivity index (χ4n) is 2.30. The summed E-state index contributed by atoms with van der Waals surface area (Å²) < 4.78 is 5.31. The van der Waals surface area contributed by atoms with Gasteiger partial charge in [0.15, 0.2) is 6.10 Å². The van der Waals surface area contributed by atoms with Gasteiger partial charge in [0, 0.05) is 11.1 Å². The van der Waals surface area contributed by atoms with E-state index < -0.39 is 18.0 Å². The number of benzene rings is 2. The van der Waals surface area contributed by atoms with Gasteiger partial charge < -0.3 is 9.84 Å². The molecule has 1 atom stereocenters. The molecule has 4 heteroatoms. The van der Waals surface area contributed by atoms with Crippen LogP contribution in [-0.2, 0) is 4.74 Å². The predicted octanol–water partition coefficient (Wildman–Crippen LogP) is 2.64. The first-order valence-corrected chi connectivity index (χ1v) is 5.80. The topological polar surface area (TPSA) is 63.6 Å². The molecule has 0 aromatic heterocycles. The van der Waals surface area contributed by atoms with Gasteiger partial charge >= 0.3 is 11.9 Å². The molecule has 1 aliphatic heterocycles. The molecular formula is C15H10O4. The number of aromatic carboxylic acids is 1. The average Bonchev–Trinajstić information content (AvgIpc) is 2.77. The third kappa shape index (κ3) is 1.78. The van der Waals surface area contributed by atoms with Gasteiger partial charge in [0.1, 0.15) is 0 Å². The molecule has 94 valence electrons. The molecule has 0 amide bonds. The number of rotatable bonds is 2.